The highest BCUT2D eigenvalue weighted by Crippen LogP contribution is 2.07. The quantitative estimate of drug-likeness (QED) is 0.679. The van der Waals surface area contributed by atoms with Crippen molar-refractivity contribution in [3.05, 3.63) is 35.4 Å². The maximum Gasteiger partial charge on any atom is 0.252 e. The van der Waals surface area contributed by atoms with Crippen LogP contribution in [0.4, 0.5) is 0 Å². The summed E-state index contributed by atoms with van der Waals surface area (Å²) in [4.78, 5) is 11.5. The molecule has 1 aromatic rings. The van der Waals surface area contributed by atoms with Crippen molar-refractivity contribution in [3.8, 4) is 12.3 Å². The topological polar surface area (TPSA) is 55.1 Å². The molecule has 0 aliphatic heterocycles. The van der Waals surface area contributed by atoms with Gasteiger partial charge in [-0.15, -0.1) is 6.42 Å². The minimum absolute atomic E-state index is 0.177. The van der Waals surface area contributed by atoms with Gasteiger partial charge in [-0.25, -0.2) is 0 Å². The first-order valence-corrected chi connectivity index (χ1v) is 4.29. The van der Waals surface area contributed by atoms with Crippen molar-refractivity contribution < 1.29 is 4.79 Å². The number of nitrogens with two attached hydrogens (primary N) is 1. The number of hydrogen-bond donors (Lipinski definition) is 2. The highest BCUT2D eigenvalue weighted by molar-refractivity contribution is 5.95. The molecular weight excluding hydrogens is 176 g/mol. The van der Waals surface area contributed by atoms with Gasteiger partial charge < -0.3 is 11.1 Å². The average Bonchev–Trinajstić information content (AvgIpc) is 2.25. The number of nitrogens with one attached hydrogen (secondary N) is 1. The summed E-state index contributed by atoms with van der Waals surface area (Å²) in [6.45, 7) is 0.581. The van der Waals surface area contributed by atoms with Crippen LogP contribution in [-0.4, -0.2) is 12.5 Å². The molecule has 1 rings (SSSR count). The van der Waals surface area contributed by atoms with Gasteiger partial charge in [0.15, 0.2) is 0 Å². The lowest BCUT2D eigenvalue weighted by molar-refractivity contribution is 0.0958. The van der Waals surface area contributed by atoms with Crippen LogP contribution in [0, 0.1) is 12.3 Å². The minimum atomic E-state index is -0.177. The van der Waals surface area contributed by atoms with E-state index in [-0.39, 0.29) is 12.5 Å². The molecule has 0 aromatic heterocycles. The largest absolute Gasteiger partial charge is 0.341 e. The van der Waals surface area contributed by atoms with Gasteiger partial charge in [0.2, 0.25) is 0 Å². The molecule has 0 bridgehead atoms. The molecule has 0 aliphatic carbocycles. The van der Waals surface area contributed by atoms with Gasteiger partial charge in [-0.1, -0.05) is 24.1 Å². The van der Waals surface area contributed by atoms with Crippen LogP contribution in [0.25, 0.3) is 0 Å². The smallest absolute Gasteiger partial charge is 0.252 e. The van der Waals surface area contributed by atoms with Gasteiger partial charge in [0.05, 0.1) is 6.54 Å². The number of carbonyl (C=O) groups excluding carboxylic acids is 1. The van der Waals surface area contributed by atoms with Crippen LogP contribution in [0.15, 0.2) is 24.3 Å². The zero-order valence-electron chi connectivity index (χ0n) is 7.79. The van der Waals surface area contributed by atoms with Crippen molar-refractivity contribution in [1.29, 1.82) is 0 Å². The maximum absolute atomic E-state index is 11.5. The van der Waals surface area contributed by atoms with Crippen molar-refractivity contribution in [2.45, 2.75) is 6.54 Å². The third kappa shape index (κ3) is 2.35. The summed E-state index contributed by atoms with van der Waals surface area (Å²) in [5, 5.41) is 2.59. The van der Waals surface area contributed by atoms with Crippen LogP contribution < -0.4 is 11.1 Å². The maximum atomic E-state index is 11.5. The molecule has 0 radical (unpaired) electrons. The molecule has 3 nitrogen and oxygen atoms in total. The second-order valence-corrected chi connectivity index (χ2v) is 2.75. The van der Waals surface area contributed by atoms with Gasteiger partial charge in [-0.3, -0.25) is 4.79 Å². The first kappa shape index (κ1) is 10.3. The molecule has 0 atom stereocenters. The van der Waals surface area contributed by atoms with Crippen molar-refractivity contribution >= 4 is 5.91 Å². The standard InChI is InChI=1S/C11H12N2O/c1-2-7-13-11(14)10-6-4-3-5-9(10)8-12/h1,3-6H,7-8,12H2,(H,13,14). The predicted octanol–water partition coefficient (Wildman–Crippen LogP) is 0.508. The SMILES string of the molecule is C#CCNC(=O)c1ccccc1CN. The fraction of sp³-hybridized carbons (Fsp3) is 0.182. The Kier molecular flexibility index (Phi) is 3.71. The van der Waals surface area contributed by atoms with E-state index in [0.717, 1.165) is 5.56 Å². The Balaban J connectivity index is 2.84. The van der Waals surface area contributed by atoms with E-state index in [2.05, 4.69) is 11.2 Å². The lowest BCUT2D eigenvalue weighted by Crippen LogP contribution is -2.25. The number of amides is 1. The van der Waals surface area contributed by atoms with Gasteiger partial charge in [-0.2, -0.15) is 0 Å². The third-order valence-corrected chi connectivity index (χ3v) is 1.83. The van der Waals surface area contributed by atoms with E-state index in [4.69, 9.17) is 12.2 Å². The summed E-state index contributed by atoms with van der Waals surface area (Å²) in [5.74, 6) is 2.17. The average molecular weight is 188 g/mol. The van der Waals surface area contributed by atoms with Crippen molar-refractivity contribution in [3.63, 3.8) is 0 Å². The van der Waals surface area contributed by atoms with E-state index in [1.165, 1.54) is 0 Å². The number of benzene rings is 1. The Hall–Kier alpha value is -1.79. The summed E-state index contributed by atoms with van der Waals surface area (Å²) < 4.78 is 0. The molecule has 1 aromatic carbocycles. The lowest BCUT2D eigenvalue weighted by Gasteiger charge is -2.06. The Labute approximate surface area is 83.3 Å². The first-order valence-electron chi connectivity index (χ1n) is 4.29. The fourth-order valence-electron chi connectivity index (χ4n) is 1.15. The third-order valence-electron chi connectivity index (χ3n) is 1.83. The highest BCUT2D eigenvalue weighted by atomic mass is 16.1. The monoisotopic (exact) mass is 188 g/mol. The number of hydrogen-bond acceptors (Lipinski definition) is 2. The van der Waals surface area contributed by atoms with Crippen LogP contribution in [0.1, 0.15) is 15.9 Å². The Morgan fingerprint density at radius 1 is 1.50 bits per heavy atom. The van der Waals surface area contributed by atoms with E-state index < -0.39 is 0 Å². The zero-order chi connectivity index (χ0) is 10.4. The summed E-state index contributed by atoms with van der Waals surface area (Å²) >= 11 is 0. The Bertz CT molecular complexity index is 366. The van der Waals surface area contributed by atoms with E-state index in [0.29, 0.717) is 12.1 Å². The predicted molar refractivity (Wildman–Crippen MR) is 55.5 cm³/mol. The summed E-state index contributed by atoms with van der Waals surface area (Å²) in [6.07, 6.45) is 5.04. The van der Waals surface area contributed by atoms with E-state index in [1.54, 1.807) is 12.1 Å². The molecule has 0 spiro atoms. The molecule has 0 saturated carbocycles. The zero-order valence-corrected chi connectivity index (χ0v) is 7.79. The molecule has 0 fully saturated rings. The van der Waals surface area contributed by atoms with Crippen molar-refractivity contribution in [2.75, 3.05) is 6.54 Å². The molecular formula is C11H12N2O. The number of terminal acetylenes is 1. The van der Waals surface area contributed by atoms with Gasteiger partial charge >= 0.3 is 0 Å². The molecule has 0 unspecified atom stereocenters. The molecule has 0 heterocycles. The second kappa shape index (κ2) is 5.05. The highest BCUT2D eigenvalue weighted by Gasteiger charge is 2.07. The molecule has 0 saturated heterocycles. The molecule has 72 valence electrons. The molecule has 14 heavy (non-hydrogen) atoms. The number of carbonyl (C=O) groups is 1. The van der Waals surface area contributed by atoms with Crippen molar-refractivity contribution in [1.82, 2.24) is 5.32 Å². The van der Waals surface area contributed by atoms with Crippen molar-refractivity contribution in [2.24, 2.45) is 5.73 Å². The van der Waals surface area contributed by atoms with Crippen LogP contribution >= 0.6 is 0 Å². The number of rotatable bonds is 3. The minimum Gasteiger partial charge on any atom is -0.341 e. The van der Waals surface area contributed by atoms with E-state index in [1.807, 2.05) is 12.1 Å². The molecule has 0 aliphatic rings. The summed E-state index contributed by atoms with van der Waals surface area (Å²) in [5.41, 5.74) is 6.91. The van der Waals surface area contributed by atoms with Crippen LogP contribution in [-0.2, 0) is 6.54 Å². The lowest BCUT2D eigenvalue weighted by atomic mass is 10.1. The second-order valence-electron chi connectivity index (χ2n) is 2.75. The van der Waals surface area contributed by atoms with Crippen LogP contribution in [0.5, 0.6) is 0 Å². The fourth-order valence-corrected chi connectivity index (χ4v) is 1.15. The van der Waals surface area contributed by atoms with Gasteiger partial charge in [0, 0.05) is 12.1 Å². The Morgan fingerprint density at radius 2 is 2.21 bits per heavy atom. The molecule has 3 heteroatoms. The normalized spacial score (nSPS) is 9.14. The summed E-state index contributed by atoms with van der Waals surface area (Å²) in [7, 11) is 0. The Morgan fingerprint density at radius 3 is 2.86 bits per heavy atom. The molecule has 3 N–H and O–H groups in total. The van der Waals surface area contributed by atoms with Gasteiger partial charge in [0.25, 0.3) is 5.91 Å². The van der Waals surface area contributed by atoms with E-state index >= 15 is 0 Å². The van der Waals surface area contributed by atoms with Crippen LogP contribution in [0.3, 0.4) is 0 Å². The summed E-state index contributed by atoms with van der Waals surface area (Å²) in [6, 6.07) is 7.20. The van der Waals surface area contributed by atoms with E-state index in [9.17, 15) is 4.79 Å². The first-order chi connectivity index (χ1) is 6.79. The van der Waals surface area contributed by atoms with Gasteiger partial charge in [-0.05, 0) is 11.6 Å². The van der Waals surface area contributed by atoms with Gasteiger partial charge in [0.1, 0.15) is 0 Å². The van der Waals surface area contributed by atoms with Crippen LogP contribution in [0.2, 0.25) is 0 Å². The molecule has 1 amide bonds.